The molecule has 0 aliphatic rings. The van der Waals surface area contributed by atoms with E-state index in [4.69, 9.17) is 0 Å². The van der Waals surface area contributed by atoms with Crippen molar-refractivity contribution in [3.63, 3.8) is 0 Å². The van der Waals surface area contributed by atoms with Crippen LogP contribution in [-0.4, -0.2) is 10.2 Å². The highest BCUT2D eigenvalue weighted by atomic mass is 15.1. The molecule has 1 aromatic heterocycles. The van der Waals surface area contributed by atoms with Crippen molar-refractivity contribution in [3.05, 3.63) is 29.4 Å². The number of H-pyrrole nitrogens is 1. The van der Waals surface area contributed by atoms with E-state index in [0.717, 1.165) is 10.6 Å². The lowest BCUT2D eigenvalue weighted by atomic mass is 10.3. The summed E-state index contributed by atoms with van der Waals surface area (Å²) in [6, 6.07) is 0. The summed E-state index contributed by atoms with van der Waals surface area (Å²) in [6.45, 7) is 11.7. The first-order valence-corrected chi connectivity index (χ1v) is 4.55. The van der Waals surface area contributed by atoms with Crippen LogP contribution >= 0.6 is 0 Å². The van der Waals surface area contributed by atoms with Crippen molar-refractivity contribution < 1.29 is 0 Å². The Morgan fingerprint density at radius 1 is 1.46 bits per heavy atom. The van der Waals surface area contributed by atoms with Crippen LogP contribution in [0.25, 0.3) is 11.6 Å². The molecular weight excluding hydrogens is 160 g/mol. The van der Waals surface area contributed by atoms with Crippen LogP contribution in [0.2, 0.25) is 0 Å². The maximum absolute atomic E-state index is 3.94. The summed E-state index contributed by atoms with van der Waals surface area (Å²) in [4.78, 5) is 0. The summed E-state index contributed by atoms with van der Waals surface area (Å²) in [5.74, 6) is 0. The maximum Gasteiger partial charge on any atom is 0.0636 e. The molecule has 0 unspecified atom stereocenters. The van der Waals surface area contributed by atoms with Crippen molar-refractivity contribution >= 4 is 11.6 Å². The third-order valence-corrected chi connectivity index (χ3v) is 1.47. The number of allylic oxidation sites excluding steroid dienone is 1. The van der Waals surface area contributed by atoms with Gasteiger partial charge in [0.05, 0.1) is 11.5 Å². The summed E-state index contributed by atoms with van der Waals surface area (Å²) in [6.07, 6.45) is 5.49. The predicted molar refractivity (Wildman–Crippen MR) is 58.6 cm³/mol. The molecule has 0 fully saturated rings. The zero-order valence-corrected chi connectivity index (χ0v) is 8.89. The zero-order valence-electron chi connectivity index (χ0n) is 8.89. The monoisotopic (exact) mass is 178 g/mol. The number of nitrogens with one attached hydrogen (secondary N) is 1. The SMILES string of the molecule is C=C/C=c1/cn[nH]c1=C(C)C.CC. The summed E-state index contributed by atoms with van der Waals surface area (Å²) in [5.41, 5.74) is 1.23. The number of nitrogens with zero attached hydrogens (tertiary/aromatic N) is 1. The first kappa shape index (κ1) is 11.7. The smallest absolute Gasteiger partial charge is 0.0636 e. The fraction of sp³-hybridized carbons (Fsp3) is 0.364. The van der Waals surface area contributed by atoms with E-state index in [1.807, 2.05) is 33.8 Å². The highest BCUT2D eigenvalue weighted by molar-refractivity contribution is 5.41. The molecule has 0 saturated carbocycles. The van der Waals surface area contributed by atoms with Gasteiger partial charge in [-0.3, -0.25) is 5.10 Å². The van der Waals surface area contributed by atoms with Crippen LogP contribution in [0.5, 0.6) is 0 Å². The van der Waals surface area contributed by atoms with Crippen molar-refractivity contribution in [1.82, 2.24) is 10.2 Å². The molecule has 0 aliphatic carbocycles. The van der Waals surface area contributed by atoms with Crippen molar-refractivity contribution in [2.75, 3.05) is 0 Å². The molecule has 0 amide bonds. The lowest BCUT2D eigenvalue weighted by molar-refractivity contribution is 1.05. The fourth-order valence-electron chi connectivity index (χ4n) is 0.949. The number of rotatable bonds is 1. The van der Waals surface area contributed by atoms with Gasteiger partial charge < -0.3 is 0 Å². The zero-order chi connectivity index (χ0) is 10.3. The molecule has 72 valence electrons. The van der Waals surface area contributed by atoms with Gasteiger partial charge in [-0.2, -0.15) is 5.10 Å². The molecule has 1 N–H and O–H groups in total. The summed E-state index contributed by atoms with van der Waals surface area (Å²) in [5, 5.41) is 9.05. The van der Waals surface area contributed by atoms with E-state index >= 15 is 0 Å². The third-order valence-electron chi connectivity index (χ3n) is 1.47. The van der Waals surface area contributed by atoms with Crippen LogP contribution in [0.15, 0.2) is 18.9 Å². The Kier molecular flexibility index (Phi) is 5.60. The fourth-order valence-corrected chi connectivity index (χ4v) is 0.949. The molecule has 2 nitrogen and oxygen atoms in total. The lowest BCUT2D eigenvalue weighted by Gasteiger charge is -1.82. The first-order chi connectivity index (χ1) is 6.25. The standard InChI is InChI=1S/C9H12N2.C2H6/c1-4-5-8-6-10-11-9(8)7(2)3;1-2/h4-6,11H,1H2,2-3H3;1-2H3/b8-5-;. The molecule has 0 aromatic carbocycles. The van der Waals surface area contributed by atoms with Crippen molar-refractivity contribution in [2.45, 2.75) is 27.7 Å². The highest BCUT2D eigenvalue weighted by Crippen LogP contribution is 1.79. The molecule has 0 radical (unpaired) electrons. The van der Waals surface area contributed by atoms with E-state index in [0.29, 0.717) is 0 Å². The molecular formula is C11H18N2. The van der Waals surface area contributed by atoms with Crippen LogP contribution in [0.3, 0.4) is 0 Å². The minimum Gasteiger partial charge on any atom is -0.278 e. The number of hydrogen-bond acceptors (Lipinski definition) is 1. The Hall–Kier alpha value is -1.31. The van der Waals surface area contributed by atoms with E-state index in [1.165, 1.54) is 5.57 Å². The Balaban J connectivity index is 0.000000671. The molecule has 2 heteroatoms. The van der Waals surface area contributed by atoms with Crippen LogP contribution < -0.4 is 10.6 Å². The predicted octanol–water partition coefficient (Wildman–Crippen LogP) is 1.59. The van der Waals surface area contributed by atoms with E-state index in [1.54, 1.807) is 12.3 Å². The second-order valence-corrected chi connectivity index (χ2v) is 2.60. The minimum absolute atomic E-state index is 1.09. The van der Waals surface area contributed by atoms with Crippen LogP contribution in [0.4, 0.5) is 0 Å². The van der Waals surface area contributed by atoms with Gasteiger partial charge in [-0.1, -0.05) is 38.2 Å². The Morgan fingerprint density at radius 2 is 2.08 bits per heavy atom. The van der Waals surface area contributed by atoms with Crippen molar-refractivity contribution in [3.8, 4) is 0 Å². The second kappa shape index (κ2) is 6.23. The molecule has 13 heavy (non-hydrogen) atoms. The first-order valence-electron chi connectivity index (χ1n) is 4.55. The number of aromatic amines is 1. The Labute approximate surface area is 79.7 Å². The highest BCUT2D eigenvalue weighted by Gasteiger charge is 1.86. The maximum atomic E-state index is 3.94. The lowest BCUT2D eigenvalue weighted by Crippen LogP contribution is -2.23. The summed E-state index contributed by atoms with van der Waals surface area (Å²) < 4.78 is 0. The van der Waals surface area contributed by atoms with Gasteiger partial charge in [-0.15, -0.1) is 0 Å². The molecule has 1 heterocycles. The van der Waals surface area contributed by atoms with Crippen LogP contribution in [0.1, 0.15) is 27.7 Å². The van der Waals surface area contributed by atoms with Gasteiger partial charge in [-0.25, -0.2) is 0 Å². The quantitative estimate of drug-likeness (QED) is 0.695. The Morgan fingerprint density at radius 3 is 2.54 bits per heavy atom. The average molecular weight is 178 g/mol. The van der Waals surface area contributed by atoms with E-state index < -0.39 is 0 Å². The van der Waals surface area contributed by atoms with E-state index in [2.05, 4.69) is 16.8 Å². The molecule has 1 aromatic rings. The normalized spacial score (nSPS) is 10.3. The molecule has 0 atom stereocenters. The largest absolute Gasteiger partial charge is 0.278 e. The van der Waals surface area contributed by atoms with Crippen molar-refractivity contribution in [1.29, 1.82) is 0 Å². The average Bonchev–Trinajstić information content (AvgIpc) is 2.57. The van der Waals surface area contributed by atoms with Crippen molar-refractivity contribution in [2.24, 2.45) is 0 Å². The Bertz CT molecular complexity index is 354. The number of aromatic nitrogens is 2. The number of hydrogen-bond donors (Lipinski definition) is 1. The second-order valence-electron chi connectivity index (χ2n) is 2.60. The summed E-state index contributed by atoms with van der Waals surface area (Å²) in [7, 11) is 0. The molecule has 0 bridgehead atoms. The third kappa shape index (κ3) is 3.28. The van der Waals surface area contributed by atoms with E-state index in [9.17, 15) is 0 Å². The van der Waals surface area contributed by atoms with Gasteiger partial charge in [-0.05, 0) is 13.8 Å². The van der Waals surface area contributed by atoms with Gasteiger partial charge >= 0.3 is 0 Å². The van der Waals surface area contributed by atoms with Gasteiger partial charge in [0.1, 0.15) is 0 Å². The summed E-state index contributed by atoms with van der Waals surface area (Å²) >= 11 is 0. The van der Waals surface area contributed by atoms with Gasteiger partial charge in [0.15, 0.2) is 0 Å². The van der Waals surface area contributed by atoms with Gasteiger partial charge in [0.25, 0.3) is 0 Å². The molecule has 1 rings (SSSR count). The minimum atomic E-state index is 1.09. The van der Waals surface area contributed by atoms with Crippen LogP contribution in [0, 0.1) is 0 Å². The molecule has 0 spiro atoms. The van der Waals surface area contributed by atoms with Crippen LogP contribution in [-0.2, 0) is 0 Å². The van der Waals surface area contributed by atoms with Gasteiger partial charge in [0, 0.05) is 5.22 Å². The van der Waals surface area contributed by atoms with E-state index in [-0.39, 0.29) is 0 Å². The molecule has 0 aliphatic heterocycles. The van der Waals surface area contributed by atoms with Gasteiger partial charge in [0.2, 0.25) is 0 Å². The topological polar surface area (TPSA) is 28.7 Å². The molecule has 0 saturated heterocycles.